The Kier molecular flexibility index (Phi) is 3.62. The van der Waals surface area contributed by atoms with Crippen LogP contribution in [0.25, 0.3) is 11.4 Å². The molecule has 24 heavy (non-hydrogen) atoms. The molecular weight excluding hydrogens is 302 g/mol. The summed E-state index contributed by atoms with van der Waals surface area (Å²) < 4.78 is 7.20. The number of ether oxygens (including phenoxy) is 1. The van der Waals surface area contributed by atoms with Crippen LogP contribution in [0.15, 0.2) is 18.5 Å². The fraction of sp³-hybridized carbons (Fsp3) is 0.556. The van der Waals surface area contributed by atoms with Gasteiger partial charge in [0, 0.05) is 31.2 Å². The molecule has 2 N–H and O–H groups in total. The fourth-order valence-corrected chi connectivity index (χ4v) is 4.24. The summed E-state index contributed by atoms with van der Waals surface area (Å²) in [6.45, 7) is 2.27. The van der Waals surface area contributed by atoms with E-state index in [-0.39, 0.29) is 0 Å². The molecule has 1 aliphatic heterocycles. The molecular formula is C18H25N5O. The maximum atomic E-state index is 6.25. The third-order valence-electron chi connectivity index (χ3n) is 5.48. The van der Waals surface area contributed by atoms with Gasteiger partial charge in [0.25, 0.3) is 0 Å². The summed E-state index contributed by atoms with van der Waals surface area (Å²) in [5.41, 5.74) is 9.43. The standard InChI is InChI=1S/C18H25N5O/c1-22-12-20-17(21-22)14-8-13(9-15(19)16(14)24-2)23-10-18(11-23)6-4-3-5-7-18/h8-9,12H,3-7,10-11,19H2,1-2H3. The predicted octanol–water partition coefficient (Wildman–Crippen LogP) is 2.84. The molecule has 1 aliphatic carbocycles. The van der Waals surface area contributed by atoms with Crippen LogP contribution in [0, 0.1) is 5.41 Å². The van der Waals surface area contributed by atoms with Gasteiger partial charge < -0.3 is 15.4 Å². The van der Waals surface area contributed by atoms with Crippen LogP contribution in [0.1, 0.15) is 32.1 Å². The van der Waals surface area contributed by atoms with E-state index >= 15 is 0 Å². The lowest BCUT2D eigenvalue weighted by atomic mass is 9.68. The van der Waals surface area contributed by atoms with E-state index in [0.717, 1.165) is 24.3 Å². The number of hydrogen-bond acceptors (Lipinski definition) is 5. The van der Waals surface area contributed by atoms with Crippen LogP contribution in [-0.4, -0.2) is 35.0 Å². The lowest BCUT2D eigenvalue weighted by Gasteiger charge is -2.53. The van der Waals surface area contributed by atoms with Crippen molar-refractivity contribution in [1.82, 2.24) is 14.8 Å². The van der Waals surface area contributed by atoms with Crippen LogP contribution in [0.4, 0.5) is 11.4 Å². The molecule has 2 aliphatic rings. The third kappa shape index (κ3) is 2.50. The predicted molar refractivity (Wildman–Crippen MR) is 95.1 cm³/mol. The molecule has 1 saturated heterocycles. The largest absolute Gasteiger partial charge is 0.494 e. The second kappa shape index (κ2) is 5.69. The maximum Gasteiger partial charge on any atom is 0.184 e. The third-order valence-corrected chi connectivity index (χ3v) is 5.48. The van der Waals surface area contributed by atoms with Gasteiger partial charge in [-0.25, -0.2) is 4.98 Å². The Hall–Kier alpha value is -2.24. The first kappa shape index (κ1) is 15.3. The van der Waals surface area contributed by atoms with Gasteiger partial charge >= 0.3 is 0 Å². The Morgan fingerprint density at radius 2 is 1.92 bits per heavy atom. The van der Waals surface area contributed by atoms with E-state index in [0.29, 0.717) is 22.7 Å². The molecule has 2 fully saturated rings. The number of aromatic nitrogens is 3. The number of aryl methyl sites for hydroxylation is 1. The van der Waals surface area contributed by atoms with Crippen molar-refractivity contribution in [2.75, 3.05) is 30.8 Å². The highest BCUT2D eigenvalue weighted by atomic mass is 16.5. The van der Waals surface area contributed by atoms with Gasteiger partial charge in [-0.1, -0.05) is 19.3 Å². The molecule has 0 bridgehead atoms. The number of nitrogen functional groups attached to an aromatic ring is 1. The number of anilines is 2. The molecule has 128 valence electrons. The summed E-state index contributed by atoms with van der Waals surface area (Å²) in [5.74, 6) is 1.30. The smallest absolute Gasteiger partial charge is 0.184 e. The normalized spacial score (nSPS) is 19.3. The van der Waals surface area contributed by atoms with E-state index in [1.54, 1.807) is 18.1 Å². The van der Waals surface area contributed by atoms with E-state index in [1.807, 2.05) is 13.1 Å². The van der Waals surface area contributed by atoms with Crippen molar-refractivity contribution in [2.24, 2.45) is 12.5 Å². The van der Waals surface area contributed by atoms with Crippen LogP contribution in [-0.2, 0) is 7.05 Å². The molecule has 0 amide bonds. The minimum Gasteiger partial charge on any atom is -0.494 e. The molecule has 1 saturated carbocycles. The molecule has 0 radical (unpaired) electrons. The first-order valence-corrected chi connectivity index (χ1v) is 8.69. The Labute approximate surface area is 142 Å². The van der Waals surface area contributed by atoms with Crippen LogP contribution in [0.3, 0.4) is 0 Å². The van der Waals surface area contributed by atoms with Crippen molar-refractivity contribution < 1.29 is 4.74 Å². The molecule has 1 spiro atoms. The molecule has 2 heterocycles. The minimum absolute atomic E-state index is 0.538. The van der Waals surface area contributed by atoms with Crippen LogP contribution in [0.2, 0.25) is 0 Å². The minimum atomic E-state index is 0.538. The number of benzene rings is 1. The van der Waals surface area contributed by atoms with Crippen molar-refractivity contribution in [2.45, 2.75) is 32.1 Å². The highest BCUT2D eigenvalue weighted by molar-refractivity contribution is 5.79. The number of nitrogens with two attached hydrogens (primary N) is 1. The van der Waals surface area contributed by atoms with Crippen molar-refractivity contribution in [3.63, 3.8) is 0 Å². The number of methoxy groups -OCH3 is 1. The van der Waals surface area contributed by atoms with Crippen molar-refractivity contribution in [3.05, 3.63) is 18.5 Å². The molecule has 6 nitrogen and oxygen atoms in total. The zero-order chi connectivity index (χ0) is 16.7. The Morgan fingerprint density at radius 1 is 1.17 bits per heavy atom. The van der Waals surface area contributed by atoms with Crippen molar-refractivity contribution in [3.8, 4) is 17.1 Å². The Balaban J connectivity index is 1.64. The number of nitrogens with zero attached hydrogens (tertiary/aromatic N) is 4. The first-order chi connectivity index (χ1) is 11.6. The first-order valence-electron chi connectivity index (χ1n) is 8.69. The van der Waals surface area contributed by atoms with Crippen LogP contribution in [0.5, 0.6) is 5.75 Å². The molecule has 0 atom stereocenters. The SMILES string of the molecule is COc1c(N)cc(N2CC3(CCCCC3)C2)cc1-c1ncn(C)n1. The van der Waals surface area contributed by atoms with E-state index in [1.165, 1.54) is 32.1 Å². The summed E-state index contributed by atoms with van der Waals surface area (Å²) in [5, 5.41) is 4.41. The molecule has 0 unspecified atom stereocenters. The van der Waals surface area contributed by atoms with Gasteiger partial charge in [-0.3, -0.25) is 4.68 Å². The summed E-state index contributed by atoms with van der Waals surface area (Å²) in [6, 6.07) is 4.13. The van der Waals surface area contributed by atoms with Crippen LogP contribution < -0.4 is 15.4 Å². The Morgan fingerprint density at radius 3 is 2.54 bits per heavy atom. The molecule has 4 rings (SSSR count). The highest BCUT2D eigenvalue weighted by Crippen LogP contribution is 2.47. The average Bonchev–Trinajstić information content (AvgIpc) is 2.99. The summed E-state index contributed by atoms with van der Waals surface area (Å²) in [7, 11) is 3.50. The van der Waals surface area contributed by atoms with Crippen molar-refractivity contribution in [1.29, 1.82) is 0 Å². The van der Waals surface area contributed by atoms with Gasteiger partial charge in [-0.15, -0.1) is 0 Å². The van der Waals surface area contributed by atoms with E-state index in [9.17, 15) is 0 Å². The van der Waals surface area contributed by atoms with Gasteiger partial charge in [-0.2, -0.15) is 5.10 Å². The summed E-state index contributed by atoms with van der Waals surface area (Å²) >= 11 is 0. The van der Waals surface area contributed by atoms with E-state index in [2.05, 4.69) is 21.0 Å². The fourth-order valence-electron chi connectivity index (χ4n) is 4.24. The zero-order valence-corrected chi connectivity index (χ0v) is 14.5. The van der Waals surface area contributed by atoms with Gasteiger partial charge in [0.05, 0.1) is 18.4 Å². The van der Waals surface area contributed by atoms with Gasteiger partial charge in [0.2, 0.25) is 0 Å². The topological polar surface area (TPSA) is 69.2 Å². The van der Waals surface area contributed by atoms with Gasteiger partial charge in [0.15, 0.2) is 11.6 Å². The number of hydrogen-bond donors (Lipinski definition) is 1. The quantitative estimate of drug-likeness (QED) is 0.878. The highest BCUT2D eigenvalue weighted by Gasteiger charge is 2.43. The molecule has 1 aromatic heterocycles. The molecule has 2 aromatic rings. The lowest BCUT2D eigenvalue weighted by molar-refractivity contribution is 0.139. The Bertz CT molecular complexity index is 740. The summed E-state index contributed by atoms with van der Waals surface area (Å²) in [6.07, 6.45) is 8.57. The lowest BCUT2D eigenvalue weighted by Crippen LogP contribution is -2.57. The monoisotopic (exact) mass is 327 g/mol. The van der Waals surface area contributed by atoms with E-state index in [4.69, 9.17) is 10.5 Å². The second-order valence-electron chi connectivity index (χ2n) is 7.27. The average molecular weight is 327 g/mol. The summed E-state index contributed by atoms with van der Waals surface area (Å²) in [4.78, 5) is 6.79. The molecule has 1 aromatic carbocycles. The van der Waals surface area contributed by atoms with Crippen molar-refractivity contribution >= 4 is 11.4 Å². The van der Waals surface area contributed by atoms with E-state index < -0.39 is 0 Å². The van der Waals surface area contributed by atoms with Gasteiger partial charge in [0.1, 0.15) is 6.33 Å². The zero-order valence-electron chi connectivity index (χ0n) is 14.5. The molecule has 6 heteroatoms. The second-order valence-corrected chi connectivity index (χ2v) is 7.27. The van der Waals surface area contributed by atoms with Gasteiger partial charge in [-0.05, 0) is 25.0 Å². The number of rotatable bonds is 3. The van der Waals surface area contributed by atoms with Crippen LogP contribution >= 0.6 is 0 Å². The maximum absolute atomic E-state index is 6.25.